The average Bonchev–Trinajstić information content (AvgIpc) is 1.58. The van der Waals surface area contributed by atoms with Gasteiger partial charge in [0.25, 0.3) is 0 Å². The Kier molecular flexibility index (Phi) is 12.1. The summed E-state index contributed by atoms with van der Waals surface area (Å²) in [5.74, 6) is 3.54. The van der Waals surface area contributed by atoms with Gasteiger partial charge in [-0.15, -0.1) is 0 Å². The number of hydrogen-bond acceptors (Lipinski definition) is 4. The normalized spacial score (nSPS) is 15.2. The zero-order valence-corrected chi connectivity index (χ0v) is 56.7. The molecule has 1 unspecified atom stereocenters. The van der Waals surface area contributed by atoms with Gasteiger partial charge in [-0.3, -0.25) is 0 Å². The molecule has 1 atom stereocenters. The van der Waals surface area contributed by atoms with Crippen LogP contribution in [-0.2, 0) is 16.2 Å². The molecule has 2 aliphatic heterocycles. The van der Waals surface area contributed by atoms with Gasteiger partial charge in [-0.1, -0.05) is 299 Å². The van der Waals surface area contributed by atoms with Crippen molar-refractivity contribution in [3.63, 3.8) is 0 Å². The molecule has 0 N–H and O–H groups in total. The standard InChI is InChI=1S/C99H64N2O2/c1-97(2)79-39-18-15-36-74(79)75-53-52-70(60-88(75)97)101(68-30-7-4-8-31-68)90-45-23-43-83-92(90)77-38-17-20-41-81(77)99(83)86-56-50-63-26-11-14-35-73(63)95(86)103-96-78-59-66(47-46-64(78)51-57-87(96)99)65-27-21-32-69(58-65)100(67-28-5-3-6-29-67)89-44-22-42-82-91(89)76-37-16-19-40-80(76)98(82)84-54-48-61-24-9-12-33-71(61)93(84)102-94-72-34-13-10-25-62(72)49-55-85(94)98/h3-60H,1-2H3. The third-order valence-corrected chi connectivity index (χ3v) is 23.5. The maximum Gasteiger partial charge on any atom is 0.140 e. The maximum atomic E-state index is 7.77. The lowest BCUT2D eigenvalue weighted by atomic mass is 9.65. The topological polar surface area (TPSA) is 24.9 Å². The largest absolute Gasteiger partial charge is 0.455 e. The van der Waals surface area contributed by atoms with Crippen LogP contribution in [0.3, 0.4) is 0 Å². The summed E-state index contributed by atoms with van der Waals surface area (Å²) in [6, 6.07) is 131. The van der Waals surface area contributed by atoms with Crippen LogP contribution in [0.15, 0.2) is 352 Å². The predicted molar refractivity (Wildman–Crippen MR) is 424 cm³/mol. The molecular formula is C99H64N2O2. The fourth-order valence-corrected chi connectivity index (χ4v) is 19.1. The lowest BCUT2D eigenvalue weighted by Gasteiger charge is -2.40. The van der Waals surface area contributed by atoms with E-state index in [0.29, 0.717) is 0 Å². The monoisotopic (exact) mass is 1310 g/mol. The summed E-state index contributed by atoms with van der Waals surface area (Å²) in [5.41, 5.74) is 26.5. The molecule has 0 amide bonds. The Morgan fingerprint density at radius 1 is 0.223 bits per heavy atom. The number of rotatable bonds is 7. The molecule has 0 radical (unpaired) electrons. The van der Waals surface area contributed by atoms with Gasteiger partial charge in [0.15, 0.2) is 0 Å². The van der Waals surface area contributed by atoms with E-state index in [1.165, 1.54) is 66.8 Å². The molecule has 0 aromatic heterocycles. The number of anilines is 6. The number of benzene rings is 17. The molecule has 17 aromatic rings. The van der Waals surface area contributed by atoms with Crippen molar-refractivity contribution in [3.8, 4) is 67.5 Å². The molecule has 4 nitrogen and oxygen atoms in total. The van der Waals surface area contributed by atoms with Crippen molar-refractivity contribution in [1.29, 1.82) is 0 Å². The summed E-state index contributed by atoms with van der Waals surface area (Å²) in [4.78, 5) is 4.98. The minimum Gasteiger partial charge on any atom is -0.455 e. The van der Waals surface area contributed by atoms with E-state index in [1.54, 1.807) is 0 Å². The van der Waals surface area contributed by atoms with Crippen LogP contribution in [0.4, 0.5) is 34.1 Å². The van der Waals surface area contributed by atoms with Gasteiger partial charge in [0.2, 0.25) is 0 Å². The van der Waals surface area contributed by atoms with E-state index in [2.05, 4.69) is 375 Å². The molecule has 2 spiro atoms. The van der Waals surface area contributed by atoms with E-state index < -0.39 is 10.8 Å². The van der Waals surface area contributed by atoms with Gasteiger partial charge in [0, 0.05) is 83.1 Å². The Morgan fingerprint density at radius 3 is 1.11 bits per heavy atom. The summed E-state index contributed by atoms with van der Waals surface area (Å²) in [6.07, 6.45) is 0. The van der Waals surface area contributed by atoms with E-state index in [4.69, 9.17) is 9.47 Å². The third-order valence-electron chi connectivity index (χ3n) is 23.5. The van der Waals surface area contributed by atoms with Crippen molar-refractivity contribution in [3.05, 3.63) is 407 Å². The van der Waals surface area contributed by atoms with Gasteiger partial charge < -0.3 is 19.3 Å². The van der Waals surface area contributed by atoms with Crippen molar-refractivity contribution in [2.75, 3.05) is 9.80 Å². The van der Waals surface area contributed by atoms with E-state index in [1.807, 2.05) is 0 Å². The molecule has 103 heavy (non-hydrogen) atoms. The van der Waals surface area contributed by atoms with Crippen LogP contribution in [0, 0.1) is 0 Å². The molecule has 0 saturated carbocycles. The number of nitrogens with zero attached hydrogens (tertiary/aromatic N) is 2. The summed E-state index contributed by atoms with van der Waals surface area (Å²) >= 11 is 0. The first-order valence-corrected chi connectivity index (χ1v) is 35.9. The van der Waals surface area contributed by atoms with Gasteiger partial charge in [0.1, 0.15) is 23.0 Å². The minimum atomic E-state index is -0.789. The molecule has 5 aliphatic rings. The van der Waals surface area contributed by atoms with E-state index in [9.17, 15) is 0 Å². The molecule has 3 aliphatic carbocycles. The summed E-state index contributed by atoms with van der Waals surface area (Å²) in [7, 11) is 0. The molecule has 0 bridgehead atoms. The Labute approximate surface area is 597 Å². The molecule has 17 aromatic carbocycles. The first-order valence-electron chi connectivity index (χ1n) is 35.9. The maximum absolute atomic E-state index is 7.77. The van der Waals surface area contributed by atoms with Crippen LogP contribution < -0.4 is 19.3 Å². The van der Waals surface area contributed by atoms with Gasteiger partial charge in [-0.05, 0) is 155 Å². The third kappa shape index (κ3) is 7.84. The van der Waals surface area contributed by atoms with Crippen LogP contribution >= 0.6 is 0 Å². The van der Waals surface area contributed by atoms with Crippen molar-refractivity contribution < 1.29 is 9.47 Å². The second kappa shape index (κ2) is 21.5. The summed E-state index contributed by atoms with van der Waals surface area (Å²) in [5, 5.41) is 8.84. The van der Waals surface area contributed by atoms with E-state index >= 15 is 0 Å². The molecule has 0 saturated heterocycles. The highest BCUT2D eigenvalue weighted by molar-refractivity contribution is 6.07. The predicted octanol–water partition coefficient (Wildman–Crippen LogP) is 26.1. The molecule has 22 rings (SSSR count). The Balaban J connectivity index is 0.734. The highest BCUT2D eigenvalue weighted by Crippen LogP contribution is 2.68. The summed E-state index contributed by atoms with van der Waals surface area (Å²) in [6.45, 7) is 4.75. The highest BCUT2D eigenvalue weighted by Gasteiger charge is 2.55. The van der Waals surface area contributed by atoms with E-state index in [-0.39, 0.29) is 5.41 Å². The average molecular weight is 1310 g/mol. The lowest BCUT2D eigenvalue weighted by Crippen LogP contribution is -2.32. The molecule has 482 valence electrons. The second-order valence-corrected chi connectivity index (χ2v) is 28.9. The van der Waals surface area contributed by atoms with Crippen molar-refractivity contribution in [2.24, 2.45) is 0 Å². The molecule has 2 heterocycles. The first-order chi connectivity index (χ1) is 50.8. The zero-order chi connectivity index (χ0) is 67.9. The Bertz CT molecular complexity index is 6420. The van der Waals surface area contributed by atoms with Crippen LogP contribution in [0.1, 0.15) is 69.5 Å². The second-order valence-electron chi connectivity index (χ2n) is 28.9. The van der Waals surface area contributed by atoms with Gasteiger partial charge in [-0.2, -0.15) is 0 Å². The quantitative estimate of drug-likeness (QED) is 0.159. The molecular weight excluding hydrogens is 1250 g/mol. The van der Waals surface area contributed by atoms with Gasteiger partial charge in [0.05, 0.1) is 22.2 Å². The van der Waals surface area contributed by atoms with Crippen LogP contribution in [0.25, 0.3) is 87.6 Å². The fraction of sp³-hybridized carbons (Fsp3) is 0.0505. The molecule has 0 fully saturated rings. The smallest absolute Gasteiger partial charge is 0.140 e. The van der Waals surface area contributed by atoms with Crippen LogP contribution in [-0.4, -0.2) is 0 Å². The van der Waals surface area contributed by atoms with Crippen LogP contribution in [0.5, 0.6) is 23.0 Å². The Hall–Kier alpha value is -13.0. The summed E-state index contributed by atoms with van der Waals surface area (Å²) < 4.78 is 15.2. The van der Waals surface area contributed by atoms with Gasteiger partial charge >= 0.3 is 0 Å². The number of hydrogen-bond donors (Lipinski definition) is 0. The van der Waals surface area contributed by atoms with Crippen LogP contribution in [0.2, 0.25) is 0 Å². The first kappa shape index (κ1) is 57.8. The SMILES string of the molecule is CC1(C)c2ccccc2-c2ccc(N(c3ccccc3)c3cccc4c3-c3ccccc3C43c4ccc5ccccc5c4Oc4c3ccc3ccc(-c5cccc(N(c6ccccc6)c6cccc7c6-c6ccccc6C76c7ccc8ccccc8c7Oc7c6ccc6ccccc76)c5)cc43)cc21. The fourth-order valence-electron chi connectivity index (χ4n) is 19.1. The Morgan fingerprint density at radius 2 is 0.592 bits per heavy atom. The highest BCUT2D eigenvalue weighted by atomic mass is 16.5. The zero-order valence-electron chi connectivity index (χ0n) is 56.7. The van der Waals surface area contributed by atoms with Crippen molar-refractivity contribution in [2.45, 2.75) is 30.1 Å². The lowest BCUT2D eigenvalue weighted by molar-refractivity contribution is 0.447. The van der Waals surface area contributed by atoms with E-state index in [0.717, 1.165) is 134 Å². The number of para-hydroxylation sites is 2. The van der Waals surface area contributed by atoms with Crippen molar-refractivity contribution in [1.82, 2.24) is 0 Å². The molecule has 4 heteroatoms. The van der Waals surface area contributed by atoms with Crippen molar-refractivity contribution >= 4 is 77.2 Å². The number of fused-ring (bicyclic) bond motifs is 29. The number of ether oxygens (including phenoxy) is 2. The minimum absolute atomic E-state index is 0.187. The van der Waals surface area contributed by atoms with Gasteiger partial charge in [-0.25, -0.2) is 0 Å².